The Morgan fingerprint density at radius 1 is 1.22 bits per heavy atom. The molecule has 146 valence electrons. The highest BCUT2D eigenvalue weighted by Crippen LogP contribution is 2.26. The van der Waals surface area contributed by atoms with Crippen molar-refractivity contribution in [1.29, 1.82) is 0 Å². The summed E-state index contributed by atoms with van der Waals surface area (Å²) in [6, 6.07) is 13.3. The van der Waals surface area contributed by atoms with Crippen molar-refractivity contribution in [2.75, 3.05) is 26.7 Å². The van der Waals surface area contributed by atoms with E-state index in [2.05, 4.69) is 10.0 Å². The number of nitrogens with zero attached hydrogens (tertiary/aromatic N) is 1. The van der Waals surface area contributed by atoms with Gasteiger partial charge in [0.15, 0.2) is 0 Å². The molecule has 1 fully saturated rings. The number of sulfonamides is 1. The molecule has 1 aliphatic heterocycles. The summed E-state index contributed by atoms with van der Waals surface area (Å²) >= 11 is 6.10. The van der Waals surface area contributed by atoms with Gasteiger partial charge in [-0.1, -0.05) is 23.7 Å². The number of piperazine rings is 1. The van der Waals surface area contributed by atoms with Crippen molar-refractivity contribution in [1.82, 2.24) is 14.9 Å². The fourth-order valence-corrected chi connectivity index (χ4v) is 3.95. The molecule has 1 atom stereocenters. The van der Waals surface area contributed by atoms with Crippen molar-refractivity contribution in [2.45, 2.75) is 10.9 Å². The standard InChI is InChI=1S/C18H20ClN3O3S.ClH/c1-20-26(24,25)16-7-5-13(6-8-16)18(23)22-10-9-21-12-17(22)14-3-2-4-15(19)11-14;/h2-8,11,17,20-21H,9-10,12H2,1H3;1H. The number of hydrogen-bond donors (Lipinski definition) is 2. The van der Waals surface area contributed by atoms with Gasteiger partial charge in [0.25, 0.3) is 5.91 Å². The van der Waals surface area contributed by atoms with Crippen LogP contribution in [0.5, 0.6) is 0 Å². The molecule has 0 radical (unpaired) electrons. The van der Waals surface area contributed by atoms with E-state index in [0.29, 0.717) is 30.2 Å². The second-order valence-electron chi connectivity index (χ2n) is 6.01. The molecule has 9 heteroatoms. The lowest BCUT2D eigenvalue weighted by molar-refractivity contribution is 0.0634. The Balaban J connectivity index is 0.00000261. The second-order valence-corrected chi connectivity index (χ2v) is 8.33. The van der Waals surface area contributed by atoms with Gasteiger partial charge in [0.2, 0.25) is 10.0 Å². The zero-order chi connectivity index (χ0) is 18.7. The predicted molar refractivity (Wildman–Crippen MR) is 108 cm³/mol. The molecule has 0 aromatic heterocycles. The molecule has 1 saturated heterocycles. The molecule has 2 aromatic rings. The summed E-state index contributed by atoms with van der Waals surface area (Å²) in [5.41, 5.74) is 1.42. The number of carbonyl (C=O) groups excluding carboxylic acids is 1. The van der Waals surface area contributed by atoms with E-state index in [-0.39, 0.29) is 29.3 Å². The zero-order valence-electron chi connectivity index (χ0n) is 14.7. The van der Waals surface area contributed by atoms with Crippen LogP contribution in [0.2, 0.25) is 5.02 Å². The highest BCUT2D eigenvalue weighted by molar-refractivity contribution is 7.89. The molecule has 6 nitrogen and oxygen atoms in total. The lowest BCUT2D eigenvalue weighted by Gasteiger charge is -2.36. The Hall–Kier alpha value is -1.64. The number of amides is 1. The van der Waals surface area contributed by atoms with E-state index >= 15 is 0 Å². The van der Waals surface area contributed by atoms with Gasteiger partial charge in [-0.2, -0.15) is 0 Å². The molecule has 0 aliphatic carbocycles. The van der Waals surface area contributed by atoms with Gasteiger partial charge in [-0.25, -0.2) is 13.1 Å². The molecule has 0 bridgehead atoms. The molecule has 1 unspecified atom stereocenters. The maximum atomic E-state index is 13.0. The van der Waals surface area contributed by atoms with Crippen molar-refractivity contribution >= 4 is 39.9 Å². The van der Waals surface area contributed by atoms with Crippen LogP contribution in [0.1, 0.15) is 22.0 Å². The van der Waals surface area contributed by atoms with Crippen LogP contribution in [0.3, 0.4) is 0 Å². The molecule has 1 heterocycles. The maximum Gasteiger partial charge on any atom is 0.254 e. The van der Waals surface area contributed by atoms with E-state index in [0.717, 1.165) is 5.56 Å². The minimum atomic E-state index is -3.52. The van der Waals surface area contributed by atoms with Crippen LogP contribution in [0.4, 0.5) is 0 Å². The number of hydrogen-bond acceptors (Lipinski definition) is 4. The van der Waals surface area contributed by atoms with E-state index < -0.39 is 10.0 Å². The average molecular weight is 430 g/mol. The highest BCUT2D eigenvalue weighted by atomic mass is 35.5. The molecule has 3 rings (SSSR count). The minimum absolute atomic E-state index is 0. The largest absolute Gasteiger partial charge is 0.329 e. The van der Waals surface area contributed by atoms with Gasteiger partial charge >= 0.3 is 0 Å². The first kappa shape index (κ1) is 21.7. The number of nitrogens with one attached hydrogen (secondary N) is 2. The van der Waals surface area contributed by atoms with Gasteiger partial charge in [0, 0.05) is 30.2 Å². The zero-order valence-corrected chi connectivity index (χ0v) is 17.1. The summed E-state index contributed by atoms with van der Waals surface area (Å²) in [7, 11) is -2.17. The smallest absolute Gasteiger partial charge is 0.254 e. The summed E-state index contributed by atoms with van der Waals surface area (Å²) in [5, 5.41) is 3.93. The number of carbonyl (C=O) groups is 1. The van der Waals surface area contributed by atoms with Gasteiger partial charge in [-0.3, -0.25) is 4.79 Å². The Morgan fingerprint density at radius 2 is 1.93 bits per heavy atom. The van der Waals surface area contributed by atoms with E-state index in [1.807, 2.05) is 18.2 Å². The molecule has 2 N–H and O–H groups in total. The van der Waals surface area contributed by atoms with Crippen LogP contribution in [-0.2, 0) is 10.0 Å². The van der Waals surface area contributed by atoms with Crippen molar-refractivity contribution in [3.8, 4) is 0 Å². The van der Waals surface area contributed by atoms with E-state index in [1.54, 1.807) is 23.1 Å². The first-order valence-electron chi connectivity index (χ1n) is 8.23. The summed E-state index contributed by atoms with van der Waals surface area (Å²) in [5.74, 6) is -0.134. The molecule has 1 amide bonds. The van der Waals surface area contributed by atoms with E-state index in [9.17, 15) is 13.2 Å². The van der Waals surface area contributed by atoms with Crippen molar-refractivity contribution in [3.63, 3.8) is 0 Å². The molecular formula is C18H21Cl2N3O3S. The third-order valence-electron chi connectivity index (χ3n) is 4.42. The van der Waals surface area contributed by atoms with Gasteiger partial charge in [0.05, 0.1) is 10.9 Å². The predicted octanol–water partition coefficient (Wildman–Crippen LogP) is 2.46. The average Bonchev–Trinajstić information content (AvgIpc) is 2.67. The molecule has 0 saturated carbocycles. The van der Waals surface area contributed by atoms with Crippen LogP contribution in [0.15, 0.2) is 53.4 Å². The molecule has 0 spiro atoms. The SMILES string of the molecule is CNS(=O)(=O)c1ccc(C(=O)N2CCNCC2c2cccc(Cl)c2)cc1.Cl. The number of rotatable bonds is 4. The third kappa shape index (κ3) is 4.80. The first-order valence-corrected chi connectivity index (χ1v) is 10.1. The quantitative estimate of drug-likeness (QED) is 0.781. The fourth-order valence-electron chi connectivity index (χ4n) is 3.02. The summed E-state index contributed by atoms with van der Waals surface area (Å²) in [6.45, 7) is 1.90. The first-order chi connectivity index (χ1) is 12.4. The molecule has 27 heavy (non-hydrogen) atoms. The third-order valence-corrected chi connectivity index (χ3v) is 6.08. The second kappa shape index (κ2) is 9.03. The minimum Gasteiger partial charge on any atom is -0.329 e. The maximum absolute atomic E-state index is 13.0. The number of halogens is 2. The Kier molecular flexibility index (Phi) is 7.25. The Labute approximate surface area is 170 Å². The van der Waals surface area contributed by atoms with E-state index in [4.69, 9.17) is 11.6 Å². The summed E-state index contributed by atoms with van der Waals surface area (Å²) in [4.78, 5) is 14.9. The summed E-state index contributed by atoms with van der Waals surface area (Å²) in [6.07, 6.45) is 0. The topological polar surface area (TPSA) is 78.5 Å². The van der Waals surface area contributed by atoms with Crippen LogP contribution < -0.4 is 10.0 Å². The number of benzene rings is 2. The monoisotopic (exact) mass is 429 g/mol. The van der Waals surface area contributed by atoms with Gasteiger partial charge in [0.1, 0.15) is 0 Å². The Bertz CT molecular complexity index is 904. The van der Waals surface area contributed by atoms with Crippen LogP contribution in [0.25, 0.3) is 0 Å². The molecule has 2 aromatic carbocycles. The van der Waals surface area contributed by atoms with Gasteiger partial charge in [-0.05, 0) is 49.0 Å². The van der Waals surface area contributed by atoms with Gasteiger partial charge in [-0.15, -0.1) is 12.4 Å². The van der Waals surface area contributed by atoms with Crippen LogP contribution in [0, 0.1) is 0 Å². The normalized spacial score (nSPS) is 17.3. The molecular weight excluding hydrogens is 409 g/mol. The van der Waals surface area contributed by atoms with Crippen LogP contribution >= 0.6 is 24.0 Å². The molecule has 1 aliphatic rings. The highest BCUT2D eigenvalue weighted by Gasteiger charge is 2.29. The van der Waals surface area contributed by atoms with Crippen molar-refractivity contribution in [2.24, 2.45) is 0 Å². The van der Waals surface area contributed by atoms with Crippen LogP contribution in [-0.4, -0.2) is 45.9 Å². The lowest BCUT2D eigenvalue weighted by atomic mass is 10.0. The fraction of sp³-hybridized carbons (Fsp3) is 0.278. The van der Waals surface area contributed by atoms with Crippen molar-refractivity contribution in [3.05, 3.63) is 64.7 Å². The van der Waals surface area contributed by atoms with E-state index in [1.165, 1.54) is 19.2 Å². The van der Waals surface area contributed by atoms with Gasteiger partial charge < -0.3 is 10.2 Å². The lowest BCUT2D eigenvalue weighted by Crippen LogP contribution is -2.48. The summed E-state index contributed by atoms with van der Waals surface area (Å²) < 4.78 is 25.9. The van der Waals surface area contributed by atoms with Crippen molar-refractivity contribution < 1.29 is 13.2 Å². The Morgan fingerprint density at radius 3 is 2.56 bits per heavy atom.